The van der Waals surface area contributed by atoms with Crippen molar-refractivity contribution in [3.8, 4) is 11.5 Å². The quantitative estimate of drug-likeness (QED) is 0.265. The highest BCUT2D eigenvalue weighted by Crippen LogP contribution is 2.29. The summed E-state index contributed by atoms with van der Waals surface area (Å²) in [7, 11) is 3.20. The van der Waals surface area contributed by atoms with Gasteiger partial charge in [-0.1, -0.05) is 29.3 Å². The lowest BCUT2D eigenvalue weighted by atomic mass is 10.2. The van der Waals surface area contributed by atoms with Crippen molar-refractivity contribution in [3.63, 3.8) is 0 Å². The molecule has 0 heterocycles. The zero-order valence-electron chi connectivity index (χ0n) is 15.5. The molecule has 0 unspecified atom stereocenters. The summed E-state index contributed by atoms with van der Waals surface area (Å²) >= 11 is 17.2. The number of hydrogen-bond acceptors (Lipinski definition) is 5. The number of hydrazone groups is 1. The van der Waals surface area contributed by atoms with Crippen molar-refractivity contribution in [1.29, 1.82) is 0 Å². The van der Waals surface area contributed by atoms with Crippen LogP contribution in [-0.2, 0) is 11.3 Å². The molecule has 150 valence electrons. The monoisotopic (exact) mass is 441 g/mol. The van der Waals surface area contributed by atoms with E-state index >= 15 is 0 Å². The molecule has 2 rings (SSSR count). The van der Waals surface area contributed by atoms with E-state index in [2.05, 4.69) is 15.8 Å². The smallest absolute Gasteiger partial charge is 0.187 e. The van der Waals surface area contributed by atoms with Gasteiger partial charge in [0.2, 0.25) is 0 Å². The third kappa shape index (κ3) is 7.16. The summed E-state index contributed by atoms with van der Waals surface area (Å²) in [5, 5.41) is 8.60. The Morgan fingerprint density at radius 3 is 2.68 bits per heavy atom. The molecule has 0 bridgehead atoms. The Hall–Kier alpha value is -2.06. The molecule has 0 saturated carbocycles. The number of thiocarbonyl (C=S) groups is 1. The third-order valence-corrected chi connectivity index (χ3v) is 4.38. The van der Waals surface area contributed by atoms with E-state index in [4.69, 9.17) is 49.6 Å². The summed E-state index contributed by atoms with van der Waals surface area (Å²) in [6.45, 7) is 1.46. The van der Waals surface area contributed by atoms with Gasteiger partial charge in [0, 0.05) is 29.3 Å². The predicted molar refractivity (Wildman–Crippen MR) is 117 cm³/mol. The van der Waals surface area contributed by atoms with Crippen molar-refractivity contribution < 1.29 is 14.2 Å². The Labute approximate surface area is 179 Å². The lowest BCUT2D eigenvalue weighted by Crippen LogP contribution is -2.34. The first kappa shape index (κ1) is 22.2. The summed E-state index contributed by atoms with van der Waals surface area (Å²) < 4.78 is 16.2. The van der Waals surface area contributed by atoms with E-state index in [9.17, 15) is 0 Å². The first-order chi connectivity index (χ1) is 13.5. The topological polar surface area (TPSA) is 64.1 Å². The average molecular weight is 442 g/mol. The zero-order valence-corrected chi connectivity index (χ0v) is 17.8. The van der Waals surface area contributed by atoms with E-state index in [1.54, 1.807) is 38.6 Å². The second kappa shape index (κ2) is 11.7. The van der Waals surface area contributed by atoms with E-state index in [1.807, 2.05) is 18.2 Å². The summed E-state index contributed by atoms with van der Waals surface area (Å²) in [6, 6.07) is 10.7. The Bertz CT molecular complexity index is 834. The number of benzene rings is 2. The van der Waals surface area contributed by atoms with Crippen LogP contribution in [0.5, 0.6) is 11.5 Å². The van der Waals surface area contributed by atoms with Gasteiger partial charge in [-0.25, -0.2) is 0 Å². The summed E-state index contributed by atoms with van der Waals surface area (Å²) in [6.07, 6.45) is 1.63. The Morgan fingerprint density at radius 2 is 1.96 bits per heavy atom. The number of methoxy groups -OCH3 is 2. The van der Waals surface area contributed by atoms with Crippen molar-refractivity contribution in [3.05, 3.63) is 57.6 Å². The Balaban J connectivity index is 1.95. The molecular formula is C19H21Cl2N3O3S. The van der Waals surface area contributed by atoms with E-state index in [0.29, 0.717) is 46.4 Å². The van der Waals surface area contributed by atoms with Crippen LogP contribution in [0.25, 0.3) is 0 Å². The van der Waals surface area contributed by atoms with Crippen LogP contribution in [0.1, 0.15) is 11.1 Å². The SMILES string of the molecule is COCCNC(=S)NN=Cc1ccc(OCc2ccc(Cl)cc2Cl)c(OC)c1. The fourth-order valence-corrected chi connectivity index (χ4v) is 2.77. The van der Waals surface area contributed by atoms with E-state index in [1.165, 1.54) is 0 Å². The highest BCUT2D eigenvalue weighted by Gasteiger charge is 2.08. The fourth-order valence-electron chi connectivity index (χ4n) is 2.15. The van der Waals surface area contributed by atoms with Crippen molar-refractivity contribution >= 4 is 46.7 Å². The zero-order chi connectivity index (χ0) is 20.4. The van der Waals surface area contributed by atoms with Gasteiger partial charge in [0.05, 0.1) is 19.9 Å². The number of ether oxygens (including phenoxy) is 3. The number of nitrogens with zero attached hydrogens (tertiary/aromatic N) is 1. The minimum absolute atomic E-state index is 0.294. The average Bonchev–Trinajstić information content (AvgIpc) is 2.68. The van der Waals surface area contributed by atoms with Crippen LogP contribution >= 0.6 is 35.4 Å². The molecule has 0 spiro atoms. The molecule has 2 aromatic carbocycles. The lowest BCUT2D eigenvalue weighted by Gasteiger charge is -2.12. The third-order valence-electron chi connectivity index (χ3n) is 3.56. The van der Waals surface area contributed by atoms with Crippen LogP contribution in [0.3, 0.4) is 0 Å². The van der Waals surface area contributed by atoms with Gasteiger partial charge >= 0.3 is 0 Å². The second-order valence-corrected chi connectivity index (χ2v) is 6.81. The van der Waals surface area contributed by atoms with Gasteiger partial charge in [-0.3, -0.25) is 5.43 Å². The van der Waals surface area contributed by atoms with Crippen LogP contribution in [0.4, 0.5) is 0 Å². The molecule has 28 heavy (non-hydrogen) atoms. The molecule has 0 atom stereocenters. The number of halogens is 2. The first-order valence-corrected chi connectivity index (χ1v) is 9.50. The largest absolute Gasteiger partial charge is 0.493 e. The molecule has 2 aromatic rings. The van der Waals surface area contributed by atoms with Crippen LogP contribution < -0.4 is 20.2 Å². The molecule has 0 aliphatic rings. The van der Waals surface area contributed by atoms with Crippen LogP contribution in [0.15, 0.2) is 41.5 Å². The van der Waals surface area contributed by atoms with Crippen LogP contribution in [0.2, 0.25) is 10.0 Å². The molecule has 6 nitrogen and oxygen atoms in total. The highest BCUT2D eigenvalue weighted by atomic mass is 35.5. The predicted octanol–water partition coefficient (Wildman–Crippen LogP) is 4.03. The maximum atomic E-state index is 6.17. The van der Waals surface area contributed by atoms with E-state index < -0.39 is 0 Å². The molecule has 0 amide bonds. The van der Waals surface area contributed by atoms with E-state index in [-0.39, 0.29) is 0 Å². The van der Waals surface area contributed by atoms with Crippen molar-refractivity contribution in [1.82, 2.24) is 10.7 Å². The van der Waals surface area contributed by atoms with Gasteiger partial charge in [0.1, 0.15) is 6.61 Å². The lowest BCUT2D eigenvalue weighted by molar-refractivity contribution is 0.204. The number of hydrogen-bond donors (Lipinski definition) is 2. The van der Waals surface area contributed by atoms with Gasteiger partial charge in [-0.05, 0) is 48.1 Å². The van der Waals surface area contributed by atoms with Crippen LogP contribution in [-0.4, -0.2) is 38.7 Å². The van der Waals surface area contributed by atoms with Gasteiger partial charge < -0.3 is 19.5 Å². The molecule has 2 N–H and O–H groups in total. The molecular weight excluding hydrogens is 421 g/mol. The number of nitrogens with one attached hydrogen (secondary N) is 2. The molecule has 0 fully saturated rings. The first-order valence-electron chi connectivity index (χ1n) is 8.34. The summed E-state index contributed by atoms with van der Waals surface area (Å²) in [5.74, 6) is 1.17. The normalized spacial score (nSPS) is 10.7. The minimum Gasteiger partial charge on any atom is -0.493 e. The van der Waals surface area contributed by atoms with Gasteiger partial charge in [-0.15, -0.1) is 0 Å². The summed E-state index contributed by atoms with van der Waals surface area (Å²) in [4.78, 5) is 0. The van der Waals surface area contributed by atoms with Crippen LogP contribution in [0, 0.1) is 0 Å². The fraction of sp³-hybridized carbons (Fsp3) is 0.263. The molecule has 0 aromatic heterocycles. The summed E-state index contributed by atoms with van der Waals surface area (Å²) in [5.41, 5.74) is 4.39. The molecule has 9 heteroatoms. The van der Waals surface area contributed by atoms with Gasteiger partial charge in [-0.2, -0.15) is 5.10 Å². The molecule has 0 radical (unpaired) electrons. The number of rotatable bonds is 9. The minimum atomic E-state index is 0.294. The van der Waals surface area contributed by atoms with Crippen molar-refractivity contribution in [2.24, 2.45) is 5.10 Å². The standard InChI is InChI=1S/C19H21Cl2N3O3S/c1-25-8-7-22-19(28)24-23-11-13-3-6-17(18(9-13)26-2)27-12-14-4-5-15(20)10-16(14)21/h3-6,9-11H,7-8,12H2,1-2H3,(H2,22,24,28). The molecule has 0 aliphatic heterocycles. The highest BCUT2D eigenvalue weighted by molar-refractivity contribution is 7.80. The maximum Gasteiger partial charge on any atom is 0.187 e. The van der Waals surface area contributed by atoms with Crippen molar-refractivity contribution in [2.75, 3.05) is 27.4 Å². The Morgan fingerprint density at radius 1 is 1.14 bits per heavy atom. The van der Waals surface area contributed by atoms with E-state index in [0.717, 1.165) is 11.1 Å². The second-order valence-electron chi connectivity index (χ2n) is 5.55. The Kier molecular flexibility index (Phi) is 9.30. The molecule has 0 aliphatic carbocycles. The maximum absolute atomic E-state index is 6.17. The molecule has 0 saturated heterocycles. The van der Waals surface area contributed by atoms with Gasteiger partial charge in [0.15, 0.2) is 16.6 Å². The van der Waals surface area contributed by atoms with Gasteiger partial charge in [0.25, 0.3) is 0 Å². The van der Waals surface area contributed by atoms with Crippen molar-refractivity contribution in [2.45, 2.75) is 6.61 Å².